The third-order valence-corrected chi connectivity index (χ3v) is 3.40. The highest BCUT2D eigenvalue weighted by atomic mass is 16.7. The first kappa shape index (κ1) is 19.2. The van der Waals surface area contributed by atoms with E-state index in [-0.39, 0.29) is 18.4 Å². The van der Waals surface area contributed by atoms with Crippen LogP contribution in [-0.2, 0) is 14.2 Å². The van der Waals surface area contributed by atoms with Crippen LogP contribution in [0.1, 0.15) is 47.5 Å². The molecule has 0 saturated carbocycles. The summed E-state index contributed by atoms with van der Waals surface area (Å²) in [4.78, 5) is 14.0. The Morgan fingerprint density at radius 1 is 1.27 bits per heavy atom. The molecule has 0 aromatic carbocycles. The van der Waals surface area contributed by atoms with Gasteiger partial charge in [0.05, 0.1) is 0 Å². The second-order valence-electron chi connectivity index (χ2n) is 6.47. The zero-order valence-electron chi connectivity index (χ0n) is 14.7. The molecule has 1 saturated heterocycles. The van der Waals surface area contributed by atoms with Gasteiger partial charge in [-0.05, 0) is 47.5 Å². The number of hydrogen-bond donors (Lipinski definition) is 1. The highest BCUT2D eigenvalue weighted by molar-refractivity contribution is 5.69. The van der Waals surface area contributed by atoms with E-state index in [1.165, 1.54) is 0 Å². The third-order valence-electron chi connectivity index (χ3n) is 3.40. The van der Waals surface area contributed by atoms with Crippen molar-refractivity contribution in [1.29, 1.82) is 0 Å². The lowest BCUT2D eigenvalue weighted by molar-refractivity contribution is -0.133. The summed E-state index contributed by atoms with van der Waals surface area (Å²) in [5.41, 5.74) is -0.452. The van der Waals surface area contributed by atoms with Crippen LogP contribution in [0.5, 0.6) is 0 Å². The summed E-state index contributed by atoms with van der Waals surface area (Å²) < 4.78 is 16.5. The zero-order valence-corrected chi connectivity index (χ0v) is 14.7. The minimum atomic E-state index is -0.452. The smallest absolute Gasteiger partial charge is 0.410 e. The molecule has 0 aliphatic carbocycles. The van der Waals surface area contributed by atoms with E-state index in [0.717, 1.165) is 25.9 Å². The predicted octanol–water partition coefficient (Wildman–Crippen LogP) is 2.37. The normalized spacial score (nSPS) is 19.0. The number of ether oxygens (including phenoxy) is 3. The van der Waals surface area contributed by atoms with E-state index in [2.05, 4.69) is 5.32 Å². The summed E-state index contributed by atoms with van der Waals surface area (Å²) >= 11 is 0. The van der Waals surface area contributed by atoms with Crippen molar-refractivity contribution in [3.63, 3.8) is 0 Å². The fourth-order valence-electron chi connectivity index (χ4n) is 2.51. The Balaban J connectivity index is 2.39. The number of hydrogen-bond acceptors (Lipinski definition) is 5. The van der Waals surface area contributed by atoms with Crippen molar-refractivity contribution >= 4 is 6.09 Å². The van der Waals surface area contributed by atoms with E-state index in [1.54, 1.807) is 0 Å². The number of carbonyl (C=O) groups excluding carboxylic acids is 1. The summed E-state index contributed by atoms with van der Waals surface area (Å²) in [6.45, 7) is 13.0. The lowest BCUT2D eigenvalue weighted by Gasteiger charge is -2.29. The molecule has 0 bridgehead atoms. The van der Waals surface area contributed by atoms with Gasteiger partial charge in [-0.1, -0.05) is 0 Å². The SMILES string of the molecule is CCOC(CNCC1CCCN1C(=O)OC(C)(C)C)OCC. The van der Waals surface area contributed by atoms with Gasteiger partial charge in [-0.25, -0.2) is 4.79 Å². The maximum Gasteiger partial charge on any atom is 0.410 e. The largest absolute Gasteiger partial charge is 0.444 e. The lowest BCUT2D eigenvalue weighted by atomic mass is 10.2. The van der Waals surface area contributed by atoms with Gasteiger partial charge in [0.2, 0.25) is 0 Å². The average molecular weight is 316 g/mol. The second-order valence-corrected chi connectivity index (χ2v) is 6.47. The standard InChI is InChI=1S/C16H32N2O4/c1-6-20-14(21-7-2)12-17-11-13-9-8-10-18(13)15(19)22-16(3,4)5/h13-14,17H,6-12H2,1-5H3. The van der Waals surface area contributed by atoms with Gasteiger partial charge in [-0.2, -0.15) is 0 Å². The second kappa shape index (κ2) is 9.33. The van der Waals surface area contributed by atoms with E-state index in [1.807, 2.05) is 39.5 Å². The molecule has 1 aliphatic heterocycles. The van der Waals surface area contributed by atoms with E-state index >= 15 is 0 Å². The molecule has 130 valence electrons. The number of amides is 1. The summed E-state index contributed by atoms with van der Waals surface area (Å²) in [7, 11) is 0. The van der Waals surface area contributed by atoms with Crippen molar-refractivity contribution in [2.45, 2.75) is 65.4 Å². The van der Waals surface area contributed by atoms with Crippen LogP contribution in [-0.4, -0.2) is 61.8 Å². The summed E-state index contributed by atoms with van der Waals surface area (Å²) in [6, 6.07) is 0.179. The number of nitrogens with zero attached hydrogens (tertiary/aromatic N) is 1. The molecule has 1 heterocycles. The van der Waals surface area contributed by atoms with Gasteiger partial charge in [-0.15, -0.1) is 0 Å². The van der Waals surface area contributed by atoms with E-state index in [0.29, 0.717) is 19.8 Å². The van der Waals surface area contributed by atoms with Crippen LogP contribution in [0, 0.1) is 0 Å². The van der Waals surface area contributed by atoms with E-state index < -0.39 is 5.60 Å². The van der Waals surface area contributed by atoms with Crippen molar-refractivity contribution in [3.05, 3.63) is 0 Å². The van der Waals surface area contributed by atoms with Crippen LogP contribution in [0.15, 0.2) is 0 Å². The molecule has 0 aromatic heterocycles. The van der Waals surface area contributed by atoms with Gasteiger partial charge >= 0.3 is 6.09 Å². The highest BCUT2D eigenvalue weighted by Gasteiger charge is 2.31. The third kappa shape index (κ3) is 6.94. The van der Waals surface area contributed by atoms with Crippen LogP contribution in [0.2, 0.25) is 0 Å². The average Bonchev–Trinajstić information content (AvgIpc) is 2.86. The maximum atomic E-state index is 12.2. The molecule has 1 aliphatic rings. The first-order valence-electron chi connectivity index (χ1n) is 8.31. The Kier molecular flexibility index (Phi) is 8.14. The molecule has 1 unspecified atom stereocenters. The fraction of sp³-hybridized carbons (Fsp3) is 0.938. The number of carbonyl (C=O) groups is 1. The van der Waals surface area contributed by atoms with Crippen LogP contribution >= 0.6 is 0 Å². The van der Waals surface area contributed by atoms with Crippen molar-refractivity contribution in [3.8, 4) is 0 Å². The van der Waals surface area contributed by atoms with Gasteiger partial charge in [0.15, 0.2) is 6.29 Å². The molecule has 1 amide bonds. The molecule has 1 fully saturated rings. The predicted molar refractivity (Wildman–Crippen MR) is 85.9 cm³/mol. The van der Waals surface area contributed by atoms with E-state index in [4.69, 9.17) is 14.2 Å². The summed E-state index contributed by atoms with van der Waals surface area (Å²) in [5.74, 6) is 0. The van der Waals surface area contributed by atoms with Crippen molar-refractivity contribution in [2.24, 2.45) is 0 Å². The summed E-state index contributed by atoms with van der Waals surface area (Å²) in [6.07, 6.45) is 1.57. The van der Waals surface area contributed by atoms with Gasteiger partial charge in [-0.3, -0.25) is 0 Å². The monoisotopic (exact) mass is 316 g/mol. The van der Waals surface area contributed by atoms with Gasteiger partial charge in [0, 0.05) is 38.9 Å². The van der Waals surface area contributed by atoms with Crippen LogP contribution < -0.4 is 5.32 Å². The number of likely N-dealkylation sites (tertiary alicyclic amines) is 1. The molecule has 22 heavy (non-hydrogen) atoms. The molecule has 1 N–H and O–H groups in total. The molecule has 0 aromatic rings. The highest BCUT2D eigenvalue weighted by Crippen LogP contribution is 2.20. The lowest BCUT2D eigenvalue weighted by Crippen LogP contribution is -2.45. The number of rotatable bonds is 8. The van der Waals surface area contributed by atoms with Gasteiger partial charge in [0.1, 0.15) is 5.60 Å². The topological polar surface area (TPSA) is 60.0 Å². The minimum Gasteiger partial charge on any atom is -0.444 e. The molecule has 6 nitrogen and oxygen atoms in total. The molecule has 6 heteroatoms. The fourth-order valence-corrected chi connectivity index (χ4v) is 2.51. The van der Waals surface area contributed by atoms with Crippen LogP contribution in [0.4, 0.5) is 4.79 Å². The van der Waals surface area contributed by atoms with Crippen molar-refractivity contribution < 1.29 is 19.0 Å². The van der Waals surface area contributed by atoms with Gasteiger partial charge in [0.25, 0.3) is 0 Å². The van der Waals surface area contributed by atoms with Crippen LogP contribution in [0.3, 0.4) is 0 Å². The Labute approximate surface area is 134 Å². The molecular weight excluding hydrogens is 284 g/mol. The quantitative estimate of drug-likeness (QED) is 0.697. The molecule has 1 atom stereocenters. The van der Waals surface area contributed by atoms with E-state index in [9.17, 15) is 4.79 Å². The zero-order chi connectivity index (χ0) is 16.6. The number of nitrogens with one attached hydrogen (secondary N) is 1. The molecular formula is C16H32N2O4. The van der Waals surface area contributed by atoms with Crippen molar-refractivity contribution in [2.75, 3.05) is 32.8 Å². The van der Waals surface area contributed by atoms with Gasteiger partial charge < -0.3 is 24.4 Å². The minimum absolute atomic E-state index is 0.179. The first-order valence-corrected chi connectivity index (χ1v) is 8.31. The Hall–Kier alpha value is -0.850. The molecule has 0 spiro atoms. The van der Waals surface area contributed by atoms with Crippen LogP contribution in [0.25, 0.3) is 0 Å². The molecule has 1 rings (SSSR count). The Morgan fingerprint density at radius 3 is 2.45 bits per heavy atom. The first-order chi connectivity index (χ1) is 10.4. The molecule has 0 radical (unpaired) electrons. The Morgan fingerprint density at radius 2 is 1.91 bits per heavy atom. The summed E-state index contributed by atoms with van der Waals surface area (Å²) in [5, 5.41) is 3.35. The Bertz CT molecular complexity index is 325. The maximum absolute atomic E-state index is 12.2. The van der Waals surface area contributed by atoms with Crippen molar-refractivity contribution in [1.82, 2.24) is 10.2 Å².